The van der Waals surface area contributed by atoms with Crippen LogP contribution in [0.2, 0.25) is 0 Å². The Hall–Kier alpha value is -6.87. The standard InChI is InChI=1S/C46H50B2N6O8/c1-33(2)45(55)60-19-17-49-13-15-51(31-49)27-35-21-36(24-39(23-35)48(58)59)29-53-11-5-7-41-42-8-6-12-54(44(42)10-9-43(41)53)30-38-22-37(25-40(26-38)62-47-57)28-52-16-14-50(32-52)18-20-61-46(56)34(3)4/h5-16,21-26,31-32,47,57-59H,1,3,17-20,27-30H2,2,4H3/q+4. The monoisotopic (exact) mass is 836 g/mol. The number of rotatable bonds is 19. The molecule has 0 atom stereocenters. The summed E-state index contributed by atoms with van der Waals surface area (Å²) in [6.45, 7) is 14.0. The smallest absolute Gasteiger partial charge is 0.504 e. The molecule has 0 saturated heterocycles. The Morgan fingerprint density at radius 1 is 0.661 bits per heavy atom. The summed E-state index contributed by atoms with van der Waals surface area (Å²) in [5.74, 6) is -0.258. The Bertz CT molecular complexity index is 2780. The van der Waals surface area contributed by atoms with Gasteiger partial charge in [0.1, 0.15) is 69.9 Å². The van der Waals surface area contributed by atoms with E-state index in [1.807, 2.05) is 92.2 Å². The third kappa shape index (κ3) is 10.9. The van der Waals surface area contributed by atoms with Crippen LogP contribution in [0.1, 0.15) is 36.1 Å². The third-order valence-electron chi connectivity index (χ3n) is 10.3. The van der Waals surface area contributed by atoms with E-state index < -0.39 is 26.7 Å². The minimum atomic E-state index is -1.63. The first-order valence-corrected chi connectivity index (χ1v) is 20.3. The number of benzene rings is 3. The average Bonchev–Trinajstić information content (AvgIpc) is 3.89. The van der Waals surface area contributed by atoms with Crippen LogP contribution in [0.3, 0.4) is 0 Å². The Labute approximate surface area is 360 Å². The molecule has 4 heterocycles. The first kappa shape index (κ1) is 43.2. The second-order valence-corrected chi connectivity index (χ2v) is 15.4. The molecule has 0 radical (unpaired) electrons. The van der Waals surface area contributed by atoms with Gasteiger partial charge in [0, 0.05) is 46.5 Å². The molecule has 7 aromatic rings. The lowest BCUT2D eigenvalue weighted by atomic mass is 9.78. The fraction of sp³-hybridized carbons (Fsp3) is 0.217. The Morgan fingerprint density at radius 3 is 1.56 bits per heavy atom. The number of carbonyl (C=O) groups excluding carboxylic acids is 2. The van der Waals surface area contributed by atoms with Gasteiger partial charge in [0.25, 0.3) is 0 Å². The molecule has 0 unspecified atom stereocenters. The zero-order valence-electron chi connectivity index (χ0n) is 35.0. The van der Waals surface area contributed by atoms with Crippen LogP contribution in [0.25, 0.3) is 21.8 Å². The van der Waals surface area contributed by atoms with E-state index in [9.17, 15) is 24.7 Å². The molecule has 0 fully saturated rings. The number of pyridine rings is 2. The van der Waals surface area contributed by atoms with E-state index in [1.54, 1.807) is 19.9 Å². The van der Waals surface area contributed by atoms with Crippen LogP contribution in [-0.4, -0.2) is 64.2 Å². The van der Waals surface area contributed by atoms with Crippen LogP contribution in [0.15, 0.2) is 147 Å². The van der Waals surface area contributed by atoms with Gasteiger partial charge in [-0.2, -0.15) is 9.13 Å². The number of carbonyl (C=O) groups is 2. The average molecular weight is 837 g/mol. The fourth-order valence-electron chi connectivity index (χ4n) is 7.46. The molecule has 0 aliphatic heterocycles. The van der Waals surface area contributed by atoms with Crippen LogP contribution in [0.5, 0.6) is 5.75 Å². The van der Waals surface area contributed by atoms with E-state index in [0.29, 0.717) is 61.6 Å². The lowest BCUT2D eigenvalue weighted by Gasteiger charge is -2.10. The summed E-state index contributed by atoms with van der Waals surface area (Å²) >= 11 is 0. The van der Waals surface area contributed by atoms with Crippen molar-refractivity contribution in [3.63, 3.8) is 0 Å². The third-order valence-corrected chi connectivity index (χ3v) is 10.3. The summed E-state index contributed by atoms with van der Waals surface area (Å²) in [5.41, 5.74) is 7.00. The van der Waals surface area contributed by atoms with E-state index in [-0.39, 0.29) is 13.2 Å². The normalized spacial score (nSPS) is 11.1. The molecule has 0 aliphatic rings. The number of hydrogen-bond acceptors (Lipinski definition) is 8. The number of aromatic nitrogens is 6. The zero-order chi connectivity index (χ0) is 43.8. The van der Waals surface area contributed by atoms with Crippen molar-refractivity contribution in [2.24, 2.45) is 0 Å². The van der Waals surface area contributed by atoms with Crippen molar-refractivity contribution >= 4 is 54.0 Å². The summed E-state index contributed by atoms with van der Waals surface area (Å²) in [7, 11) is -2.08. The molecule has 7 rings (SSSR count). The van der Waals surface area contributed by atoms with E-state index in [2.05, 4.69) is 64.9 Å². The van der Waals surface area contributed by atoms with Crippen molar-refractivity contribution in [1.29, 1.82) is 0 Å². The van der Waals surface area contributed by atoms with Gasteiger partial charge in [-0.05, 0) is 66.8 Å². The highest BCUT2D eigenvalue weighted by molar-refractivity contribution is 6.58. The Balaban J connectivity index is 1.09. The number of imidazole rings is 2. The minimum Gasteiger partial charge on any atom is -0.539 e. The molecular formula is C46H50B2N6O8+4. The van der Waals surface area contributed by atoms with Gasteiger partial charge in [0.15, 0.2) is 25.5 Å². The SMILES string of the molecule is C=C(C)C(=O)OCCn1cc[n+](Cc2cc(C[n+]3cccc4c5ccc[n+](Cc6cc(C[n+]7ccn(CCOC(=O)C(=C)C)c7)cc(B(O)O)c6)c5ccc43)cc(OBO)c2)c1. The van der Waals surface area contributed by atoms with Gasteiger partial charge >= 0.3 is 26.7 Å². The first-order chi connectivity index (χ1) is 29.9. The number of fused-ring (bicyclic) bond motifs is 3. The second kappa shape index (κ2) is 19.7. The van der Waals surface area contributed by atoms with Crippen molar-refractivity contribution in [2.45, 2.75) is 53.1 Å². The fourth-order valence-corrected chi connectivity index (χ4v) is 7.46. The number of hydrogen-bond donors (Lipinski definition) is 3. The lowest BCUT2D eigenvalue weighted by Crippen LogP contribution is -2.38. The van der Waals surface area contributed by atoms with Gasteiger partial charge in [-0.1, -0.05) is 25.3 Å². The van der Waals surface area contributed by atoms with Crippen molar-refractivity contribution in [2.75, 3.05) is 13.2 Å². The molecular weight excluding hydrogens is 786 g/mol. The van der Waals surface area contributed by atoms with Gasteiger partial charge in [0.2, 0.25) is 23.7 Å². The van der Waals surface area contributed by atoms with Gasteiger partial charge < -0.3 is 29.2 Å². The predicted octanol–water partition coefficient (Wildman–Crippen LogP) is 1.50. The maximum absolute atomic E-state index is 11.8. The van der Waals surface area contributed by atoms with Crippen molar-refractivity contribution in [1.82, 2.24) is 9.13 Å². The highest BCUT2D eigenvalue weighted by atomic mass is 16.5. The summed E-state index contributed by atoms with van der Waals surface area (Å²) < 4.78 is 28.3. The topological polar surface area (TPSA) is 148 Å². The van der Waals surface area contributed by atoms with Crippen LogP contribution in [0.4, 0.5) is 0 Å². The zero-order valence-corrected chi connectivity index (χ0v) is 35.0. The van der Waals surface area contributed by atoms with Crippen LogP contribution in [-0.2, 0) is 58.3 Å². The van der Waals surface area contributed by atoms with E-state index >= 15 is 0 Å². The Morgan fingerprint density at radius 2 is 1.11 bits per heavy atom. The molecule has 0 spiro atoms. The summed E-state index contributed by atoms with van der Waals surface area (Å²) in [4.78, 5) is 23.5. The van der Waals surface area contributed by atoms with Gasteiger partial charge in [-0.15, -0.1) is 0 Å². The van der Waals surface area contributed by atoms with Crippen molar-refractivity contribution in [3.8, 4) is 5.75 Å². The van der Waals surface area contributed by atoms with Crippen molar-refractivity contribution < 1.29 is 57.1 Å². The minimum absolute atomic E-state index is 0.223. The van der Waals surface area contributed by atoms with Crippen LogP contribution >= 0.6 is 0 Å². The first-order valence-electron chi connectivity index (χ1n) is 20.3. The van der Waals surface area contributed by atoms with Crippen molar-refractivity contribution in [3.05, 3.63) is 169 Å². The number of esters is 2. The predicted molar refractivity (Wildman–Crippen MR) is 232 cm³/mol. The second-order valence-electron chi connectivity index (χ2n) is 15.4. The largest absolute Gasteiger partial charge is 0.539 e. The summed E-state index contributed by atoms with van der Waals surface area (Å²) in [5, 5.41) is 32.3. The molecule has 0 bridgehead atoms. The van der Waals surface area contributed by atoms with Gasteiger partial charge in [0.05, 0.1) is 10.8 Å². The molecule has 3 N–H and O–H groups in total. The van der Waals surface area contributed by atoms with E-state index in [0.717, 1.165) is 44.1 Å². The number of nitrogens with zero attached hydrogens (tertiary/aromatic N) is 6. The highest BCUT2D eigenvalue weighted by Crippen LogP contribution is 2.23. The Kier molecular flexibility index (Phi) is 13.7. The molecule has 0 amide bonds. The highest BCUT2D eigenvalue weighted by Gasteiger charge is 2.21. The van der Waals surface area contributed by atoms with Gasteiger partial charge in [-0.25, -0.2) is 27.9 Å². The summed E-state index contributed by atoms with van der Waals surface area (Å²) in [6, 6.07) is 24.2. The molecule has 62 heavy (non-hydrogen) atoms. The lowest BCUT2D eigenvalue weighted by molar-refractivity contribution is -0.688. The van der Waals surface area contributed by atoms with Gasteiger partial charge in [-0.3, -0.25) is 0 Å². The molecule has 0 saturated carbocycles. The summed E-state index contributed by atoms with van der Waals surface area (Å²) in [6.07, 6.45) is 15.7. The molecule has 314 valence electrons. The maximum atomic E-state index is 11.8. The quantitative estimate of drug-likeness (QED) is 0.0366. The van der Waals surface area contributed by atoms with E-state index in [1.165, 1.54) is 0 Å². The maximum Gasteiger partial charge on any atom is 0.504 e. The van der Waals surface area contributed by atoms with Crippen LogP contribution in [0, 0.1) is 0 Å². The molecule has 0 aliphatic carbocycles. The van der Waals surface area contributed by atoms with E-state index in [4.69, 9.17) is 14.1 Å². The molecule has 4 aromatic heterocycles. The van der Waals surface area contributed by atoms with Crippen LogP contribution < -0.4 is 28.4 Å². The molecule has 3 aromatic carbocycles. The number of ether oxygens (including phenoxy) is 2. The molecule has 16 heteroatoms. The molecule has 14 nitrogen and oxygen atoms in total.